The van der Waals surface area contributed by atoms with Gasteiger partial charge in [0.1, 0.15) is 0 Å². The van der Waals surface area contributed by atoms with Gasteiger partial charge in [-0.15, -0.1) is 0 Å². The highest BCUT2D eigenvalue weighted by Gasteiger charge is 2.42. The Labute approximate surface area is 80.0 Å². The van der Waals surface area contributed by atoms with Crippen molar-refractivity contribution < 1.29 is 0 Å². The van der Waals surface area contributed by atoms with Crippen molar-refractivity contribution >= 4 is 0 Å². The standard InChI is InChI=1S/C13H16/c1-4-8-13(9-5-1)10-11-6-2-3-7-12(11)13/h2-3,6-7H,1,4-5,8-10H2. The molecular formula is C13H16. The molecule has 1 aromatic rings. The van der Waals surface area contributed by atoms with Gasteiger partial charge in [-0.1, -0.05) is 43.5 Å². The second-order valence-electron chi connectivity index (χ2n) is 4.67. The number of hydrogen-bond donors (Lipinski definition) is 0. The highest BCUT2D eigenvalue weighted by Crippen LogP contribution is 2.50. The third-order valence-electron chi connectivity index (χ3n) is 3.93. The highest BCUT2D eigenvalue weighted by molar-refractivity contribution is 5.45. The maximum Gasteiger partial charge on any atom is -0.000382 e. The molecule has 13 heavy (non-hydrogen) atoms. The first-order chi connectivity index (χ1) is 6.41. The van der Waals surface area contributed by atoms with Crippen LogP contribution in [0.3, 0.4) is 0 Å². The molecule has 0 amide bonds. The van der Waals surface area contributed by atoms with Gasteiger partial charge < -0.3 is 0 Å². The molecule has 0 unspecified atom stereocenters. The maximum atomic E-state index is 2.35. The Morgan fingerprint density at radius 2 is 1.69 bits per heavy atom. The van der Waals surface area contributed by atoms with E-state index >= 15 is 0 Å². The first kappa shape index (κ1) is 7.61. The van der Waals surface area contributed by atoms with E-state index in [1.165, 1.54) is 38.5 Å². The monoisotopic (exact) mass is 172 g/mol. The molecule has 1 saturated carbocycles. The average molecular weight is 172 g/mol. The first-order valence-electron chi connectivity index (χ1n) is 5.49. The van der Waals surface area contributed by atoms with Crippen molar-refractivity contribution in [3.05, 3.63) is 35.4 Å². The van der Waals surface area contributed by atoms with E-state index in [4.69, 9.17) is 0 Å². The van der Waals surface area contributed by atoms with Crippen LogP contribution in [0.25, 0.3) is 0 Å². The summed E-state index contributed by atoms with van der Waals surface area (Å²) in [4.78, 5) is 0. The predicted octanol–water partition coefficient (Wildman–Crippen LogP) is 3.44. The molecule has 0 heterocycles. The molecule has 1 fully saturated rings. The molecule has 0 aromatic heterocycles. The van der Waals surface area contributed by atoms with Crippen LogP contribution >= 0.6 is 0 Å². The van der Waals surface area contributed by atoms with Crippen molar-refractivity contribution in [2.75, 3.05) is 0 Å². The zero-order valence-corrected chi connectivity index (χ0v) is 8.05. The highest BCUT2D eigenvalue weighted by atomic mass is 14.5. The molecule has 1 aromatic carbocycles. The van der Waals surface area contributed by atoms with Gasteiger partial charge in [-0.25, -0.2) is 0 Å². The Balaban J connectivity index is 1.97. The van der Waals surface area contributed by atoms with E-state index in [1.807, 2.05) is 0 Å². The summed E-state index contributed by atoms with van der Waals surface area (Å²) in [5.41, 5.74) is 3.92. The topological polar surface area (TPSA) is 0 Å². The van der Waals surface area contributed by atoms with E-state index in [0.717, 1.165) is 0 Å². The van der Waals surface area contributed by atoms with Gasteiger partial charge in [-0.3, -0.25) is 0 Å². The molecule has 0 saturated heterocycles. The fourth-order valence-electron chi connectivity index (χ4n) is 3.22. The lowest BCUT2D eigenvalue weighted by molar-refractivity contribution is 0.256. The van der Waals surface area contributed by atoms with Crippen LogP contribution in [-0.4, -0.2) is 0 Å². The first-order valence-corrected chi connectivity index (χ1v) is 5.49. The largest absolute Gasteiger partial charge is 0.0620 e. The Hall–Kier alpha value is -0.780. The molecule has 0 aliphatic heterocycles. The van der Waals surface area contributed by atoms with Crippen molar-refractivity contribution in [2.45, 2.75) is 43.9 Å². The van der Waals surface area contributed by atoms with Crippen LogP contribution in [0.15, 0.2) is 24.3 Å². The van der Waals surface area contributed by atoms with E-state index in [1.54, 1.807) is 11.1 Å². The second-order valence-corrected chi connectivity index (χ2v) is 4.67. The predicted molar refractivity (Wildman–Crippen MR) is 54.9 cm³/mol. The van der Waals surface area contributed by atoms with Gasteiger partial charge in [0.25, 0.3) is 0 Å². The molecule has 1 spiro atoms. The summed E-state index contributed by atoms with van der Waals surface area (Å²) in [5.74, 6) is 0. The molecule has 0 N–H and O–H groups in total. The summed E-state index contributed by atoms with van der Waals surface area (Å²) >= 11 is 0. The Morgan fingerprint density at radius 1 is 0.923 bits per heavy atom. The van der Waals surface area contributed by atoms with Crippen molar-refractivity contribution in [3.63, 3.8) is 0 Å². The van der Waals surface area contributed by atoms with Crippen LogP contribution in [0.2, 0.25) is 0 Å². The van der Waals surface area contributed by atoms with E-state index in [0.29, 0.717) is 5.41 Å². The third-order valence-corrected chi connectivity index (χ3v) is 3.93. The zero-order valence-electron chi connectivity index (χ0n) is 8.05. The van der Waals surface area contributed by atoms with Crippen molar-refractivity contribution in [2.24, 2.45) is 0 Å². The van der Waals surface area contributed by atoms with Gasteiger partial charge in [0.2, 0.25) is 0 Å². The summed E-state index contributed by atoms with van der Waals surface area (Å²) in [7, 11) is 0. The average Bonchev–Trinajstić information content (AvgIpc) is 2.18. The van der Waals surface area contributed by atoms with Crippen molar-refractivity contribution in [1.29, 1.82) is 0 Å². The molecule has 0 heteroatoms. The van der Waals surface area contributed by atoms with Gasteiger partial charge >= 0.3 is 0 Å². The second kappa shape index (κ2) is 2.60. The van der Waals surface area contributed by atoms with Crippen molar-refractivity contribution in [3.8, 4) is 0 Å². The summed E-state index contributed by atoms with van der Waals surface area (Å²) in [6.07, 6.45) is 8.63. The van der Waals surface area contributed by atoms with Crippen LogP contribution in [0.5, 0.6) is 0 Å². The van der Waals surface area contributed by atoms with Gasteiger partial charge in [0.15, 0.2) is 0 Å². The van der Waals surface area contributed by atoms with Crippen molar-refractivity contribution in [1.82, 2.24) is 0 Å². The van der Waals surface area contributed by atoms with Crippen LogP contribution in [0.1, 0.15) is 43.2 Å². The summed E-state index contributed by atoms with van der Waals surface area (Å²) < 4.78 is 0. The fraction of sp³-hybridized carbons (Fsp3) is 0.538. The normalized spacial score (nSPS) is 23.7. The maximum absolute atomic E-state index is 2.35. The van der Waals surface area contributed by atoms with E-state index in [2.05, 4.69) is 24.3 Å². The molecule has 0 bridgehead atoms. The van der Waals surface area contributed by atoms with Gasteiger partial charge in [0, 0.05) is 0 Å². The Kier molecular flexibility index (Phi) is 1.52. The number of rotatable bonds is 0. The van der Waals surface area contributed by atoms with Gasteiger partial charge in [0.05, 0.1) is 0 Å². The lowest BCUT2D eigenvalue weighted by Gasteiger charge is -2.47. The molecule has 3 rings (SSSR count). The smallest absolute Gasteiger partial charge is 0.000382 e. The third kappa shape index (κ3) is 0.979. The lowest BCUT2D eigenvalue weighted by atomic mass is 9.57. The van der Waals surface area contributed by atoms with Gasteiger partial charge in [-0.05, 0) is 35.8 Å². The summed E-state index contributed by atoms with van der Waals surface area (Å²) in [5, 5.41) is 0. The van der Waals surface area contributed by atoms with Gasteiger partial charge in [-0.2, -0.15) is 0 Å². The van der Waals surface area contributed by atoms with E-state index in [-0.39, 0.29) is 0 Å². The van der Waals surface area contributed by atoms with Crippen LogP contribution in [-0.2, 0) is 11.8 Å². The SMILES string of the molecule is c1ccc2c(c1)CC21CCCCC1. The molecule has 2 aliphatic rings. The van der Waals surface area contributed by atoms with Crippen LogP contribution < -0.4 is 0 Å². The molecule has 0 atom stereocenters. The number of fused-ring (bicyclic) bond motifs is 2. The molecule has 2 aliphatic carbocycles. The Bertz CT molecular complexity index is 319. The molecule has 0 radical (unpaired) electrons. The quantitative estimate of drug-likeness (QED) is 0.562. The molecule has 68 valence electrons. The number of benzene rings is 1. The number of hydrogen-bond acceptors (Lipinski definition) is 0. The minimum Gasteiger partial charge on any atom is -0.0620 e. The van der Waals surface area contributed by atoms with Crippen LogP contribution in [0, 0.1) is 0 Å². The van der Waals surface area contributed by atoms with E-state index < -0.39 is 0 Å². The Morgan fingerprint density at radius 3 is 2.46 bits per heavy atom. The van der Waals surface area contributed by atoms with Crippen LogP contribution in [0.4, 0.5) is 0 Å². The minimum absolute atomic E-state index is 0.634. The minimum atomic E-state index is 0.634. The molecular weight excluding hydrogens is 156 g/mol. The zero-order chi connectivity index (χ0) is 8.73. The fourth-order valence-corrected chi connectivity index (χ4v) is 3.22. The lowest BCUT2D eigenvalue weighted by Crippen LogP contribution is -2.40. The van der Waals surface area contributed by atoms with E-state index in [9.17, 15) is 0 Å². The summed E-state index contributed by atoms with van der Waals surface area (Å²) in [6.45, 7) is 0. The molecule has 0 nitrogen and oxygen atoms in total. The summed E-state index contributed by atoms with van der Waals surface area (Å²) in [6, 6.07) is 9.03.